The van der Waals surface area contributed by atoms with Crippen molar-refractivity contribution in [3.8, 4) is 0 Å². The van der Waals surface area contributed by atoms with E-state index < -0.39 is 11.7 Å². The molecule has 0 aliphatic heterocycles. The molecule has 0 atom stereocenters. The van der Waals surface area contributed by atoms with Gasteiger partial charge in [-0.2, -0.15) is 0 Å². The van der Waals surface area contributed by atoms with Crippen molar-refractivity contribution < 1.29 is 13.9 Å². The minimum absolute atomic E-state index is 0.369. The lowest BCUT2D eigenvalue weighted by Gasteiger charge is -2.20. The van der Waals surface area contributed by atoms with Crippen molar-refractivity contribution in [1.82, 2.24) is 0 Å². The van der Waals surface area contributed by atoms with Gasteiger partial charge in [-0.25, -0.2) is 9.18 Å². The molecule has 1 aromatic carbocycles. The van der Waals surface area contributed by atoms with E-state index in [0.29, 0.717) is 16.1 Å². The molecular weight excluding hydrogens is 241 g/mol. The van der Waals surface area contributed by atoms with E-state index in [1.165, 1.54) is 12.1 Å². The highest BCUT2D eigenvalue weighted by atomic mass is 32.1. The first-order chi connectivity index (χ1) is 7.69. The number of nitrogens with one attached hydrogen (secondary N) is 1. The summed E-state index contributed by atoms with van der Waals surface area (Å²) in [5.74, 6) is -0.387. The van der Waals surface area contributed by atoms with Crippen molar-refractivity contribution in [2.45, 2.75) is 38.2 Å². The van der Waals surface area contributed by atoms with Gasteiger partial charge in [0.05, 0.1) is 5.69 Å². The highest BCUT2D eigenvalue weighted by Gasteiger charge is 2.17. The average molecular weight is 257 g/mol. The van der Waals surface area contributed by atoms with E-state index in [-0.39, 0.29) is 5.82 Å². The van der Waals surface area contributed by atoms with Crippen LogP contribution in [0.2, 0.25) is 0 Å². The number of thiol groups is 1. The SMILES string of the molecule is Cc1cc(F)cc(S)c1NC(=O)OC(C)(C)C. The van der Waals surface area contributed by atoms with Gasteiger partial charge >= 0.3 is 6.09 Å². The minimum Gasteiger partial charge on any atom is -0.444 e. The van der Waals surface area contributed by atoms with Crippen molar-refractivity contribution in [3.63, 3.8) is 0 Å². The Kier molecular flexibility index (Phi) is 4.03. The predicted molar refractivity (Wildman–Crippen MR) is 68.2 cm³/mol. The van der Waals surface area contributed by atoms with Gasteiger partial charge in [-0.1, -0.05) is 0 Å². The number of hydrogen-bond acceptors (Lipinski definition) is 3. The monoisotopic (exact) mass is 257 g/mol. The summed E-state index contributed by atoms with van der Waals surface area (Å²) >= 11 is 4.11. The van der Waals surface area contributed by atoms with Crippen molar-refractivity contribution in [1.29, 1.82) is 0 Å². The molecule has 0 fully saturated rings. The highest BCUT2D eigenvalue weighted by Crippen LogP contribution is 2.26. The van der Waals surface area contributed by atoms with Crippen molar-refractivity contribution in [3.05, 3.63) is 23.5 Å². The van der Waals surface area contributed by atoms with Gasteiger partial charge < -0.3 is 4.74 Å². The summed E-state index contributed by atoms with van der Waals surface area (Å²) in [5, 5.41) is 2.56. The van der Waals surface area contributed by atoms with Crippen LogP contribution in [0.3, 0.4) is 0 Å². The van der Waals surface area contributed by atoms with Crippen LogP contribution >= 0.6 is 12.6 Å². The Balaban J connectivity index is 2.86. The van der Waals surface area contributed by atoms with E-state index >= 15 is 0 Å². The molecule has 1 rings (SSSR count). The highest BCUT2D eigenvalue weighted by molar-refractivity contribution is 7.80. The maximum Gasteiger partial charge on any atom is 0.412 e. The third-order valence-electron chi connectivity index (χ3n) is 1.91. The molecule has 94 valence electrons. The van der Waals surface area contributed by atoms with Gasteiger partial charge in [-0.3, -0.25) is 5.32 Å². The predicted octanol–water partition coefficient (Wildman–Crippen LogP) is 3.77. The van der Waals surface area contributed by atoms with Crippen LogP contribution in [0.25, 0.3) is 0 Å². The fourth-order valence-corrected chi connectivity index (χ4v) is 1.65. The van der Waals surface area contributed by atoms with Crippen LogP contribution in [0, 0.1) is 12.7 Å². The molecule has 0 saturated heterocycles. The first-order valence-corrected chi connectivity index (χ1v) is 5.63. The van der Waals surface area contributed by atoms with E-state index in [9.17, 15) is 9.18 Å². The standard InChI is InChI=1S/C12H16FNO2S/c1-7-5-8(13)6-9(17)10(7)14-11(15)16-12(2,3)4/h5-6,17H,1-4H3,(H,14,15). The Morgan fingerprint density at radius 3 is 2.47 bits per heavy atom. The fraction of sp³-hybridized carbons (Fsp3) is 0.417. The molecule has 1 aromatic rings. The van der Waals surface area contributed by atoms with E-state index in [4.69, 9.17) is 4.74 Å². The molecule has 0 aliphatic rings. The molecule has 0 heterocycles. The molecule has 0 saturated carbocycles. The lowest BCUT2D eigenvalue weighted by atomic mass is 10.2. The molecule has 0 aromatic heterocycles. The number of rotatable bonds is 1. The molecule has 3 nitrogen and oxygen atoms in total. The summed E-state index contributed by atoms with van der Waals surface area (Å²) in [6, 6.07) is 2.56. The molecule has 1 amide bonds. The molecular formula is C12H16FNO2S. The van der Waals surface area contributed by atoms with Gasteiger partial charge in [0.2, 0.25) is 0 Å². The summed E-state index contributed by atoms with van der Waals surface area (Å²) in [6.45, 7) is 7.00. The summed E-state index contributed by atoms with van der Waals surface area (Å²) < 4.78 is 18.1. The number of amides is 1. The van der Waals surface area contributed by atoms with Crippen LogP contribution in [-0.2, 0) is 4.74 Å². The molecule has 1 N–H and O–H groups in total. The summed E-state index contributed by atoms with van der Waals surface area (Å²) in [7, 11) is 0. The van der Waals surface area contributed by atoms with Crippen LogP contribution in [0.4, 0.5) is 14.9 Å². The number of anilines is 1. The van der Waals surface area contributed by atoms with Gasteiger partial charge in [0.25, 0.3) is 0 Å². The van der Waals surface area contributed by atoms with Crippen LogP contribution in [0.15, 0.2) is 17.0 Å². The van der Waals surface area contributed by atoms with Gasteiger partial charge in [0.1, 0.15) is 11.4 Å². The minimum atomic E-state index is -0.581. The van der Waals surface area contributed by atoms with Gasteiger partial charge in [-0.15, -0.1) is 12.6 Å². The second-order valence-corrected chi connectivity index (χ2v) is 5.23. The number of benzene rings is 1. The maximum atomic E-state index is 13.0. The Labute approximate surface area is 106 Å². The number of aryl methyl sites for hydroxylation is 1. The van der Waals surface area contributed by atoms with Crippen molar-refractivity contribution in [2.24, 2.45) is 0 Å². The molecule has 0 radical (unpaired) electrons. The Morgan fingerprint density at radius 2 is 2.00 bits per heavy atom. The normalized spacial score (nSPS) is 11.2. The van der Waals surface area contributed by atoms with Crippen LogP contribution in [0.1, 0.15) is 26.3 Å². The zero-order valence-corrected chi connectivity index (χ0v) is 11.2. The zero-order valence-electron chi connectivity index (χ0n) is 10.3. The number of hydrogen-bond donors (Lipinski definition) is 2. The molecule has 0 aliphatic carbocycles. The van der Waals surface area contributed by atoms with Gasteiger partial charge in [0, 0.05) is 4.90 Å². The molecule has 0 bridgehead atoms. The van der Waals surface area contributed by atoms with Crippen LogP contribution in [-0.4, -0.2) is 11.7 Å². The number of halogens is 1. The summed E-state index contributed by atoms with van der Waals surface area (Å²) in [5.41, 5.74) is 0.485. The van der Waals surface area contributed by atoms with E-state index in [0.717, 1.165) is 0 Å². The maximum absolute atomic E-state index is 13.0. The second-order valence-electron chi connectivity index (χ2n) is 4.74. The lowest BCUT2D eigenvalue weighted by Crippen LogP contribution is -2.27. The Hall–Kier alpha value is -1.23. The van der Waals surface area contributed by atoms with Crippen molar-refractivity contribution >= 4 is 24.4 Å². The van der Waals surface area contributed by atoms with Crippen LogP contribution < -0.4 is 5.32 Å². The molecule has 5 heteroatoms. The van der Waals surface area contributed by atoms with Crippen molar-refractivity contribution in [2.75, 3.05) is 5.32 Å². The second kappa shape index (κ2) is 4.96. The lowest BCUT2D eigenvalue weighted by molar-refractivity contribution is 0.0635. The molecule has 17 heavy (non-hydrogen) atoms. The van der Waals surface area contributed by atoms with Gasteiger partial charge in [-0.05, 0) is 45.4 Å². The molecule has 0 unspecified atom stereocenters. The first kappa shape index (κ1) is 13.8. The number of ether oxygens (including phenoxy) is 1. The third-order valence-corrected chi connectivity index (χ3v) is 2.26. The quantitative estimate of drug-likeness (QED) is 0.752. The largest absolute Gasteiger partial charge is 0.444 e. The van der Waals surface area contributed by atoms with E-state index in [2.05, 4.69) is 17.9 Å². The summed E-state index contributed by atoms with van der Waals surface area (Å²) in [6.07, 6.45) is -0.581. The zero-order chi connectivity index (χ0) is 13.2. The average Bonchev–Trinajstić information content (AvgIpc) is 2.08. The third kappa shape index (κ3) is 4.26. The Bertz CT molecular complexity index is 418. The molecule has 0 spiro atoms. The number of carbonyl (C=O) groups excluding carboxylic acids is 1. The Morgan fingerprint density at radius 1 is 1.41 bits per heavy atom. The first-order valence-electron chi connectivity index (χ1n) is 5.18. The van der Waals surface area contributed by atoms with E-state index in [1.807, 2.05) is 0 Å². The van der Waals surface area contributed by atoms with Gasteiger partial charge in [0.15, 0.2) is 0 Å². The van der Waals surface area contributed by atoms with Crippen LogP contribution in [0.5, 0.6) is 0 Å². The fourth-order valence-electron chi connectivity index (χ4n) is 1.29. The van der Waals surface area contributed by atoms with E-state index in [1.54, 1.807) is 27.7 Å². The smallest absolute Gasteiger partial charge is 0.412 e. The topological polar surface area (TPSA) is 38.3 Å². The summed E-state index contributed by atoms with van der Waals surface area (Å²) in [4.78, 5) is 11.9. The number of carbonyl (C=O) groups is 1.